The van der Waals surface area contributed by atoms with E-state index in [0.29, 0.717) is 17.9 Å². The van der Waals surface area contributed by atoms with E-state index in [2.05, 4.69) is 21.4 Å². The third-order valence-corrected chi connectivity index (χ3v) is 8.34. The van der Waals surface area contributed by atoms with Crippen molar-refractivity contribution in [1.82, 2.24) is 19.6 Å². The van der Waals surface area contributed by atoms with E-state index in [1.54, 1.807) is 6.07 Å². The zero-order chi connectivity index (χ0) is 23.8. The van der Waals surface area contributed by atoms with Gasteiger partial charge < -0.3 is 15.5 Å². The van der Waals surface area contributed by atoms with Crippen LogP contribution in [0.25, 0.3) is 0 Å². The molecular formula is C27H38FN5O. The predicted octanol–water partition coefficient (Wildman–Crippen LogP) is 4.24. The molecule has 6 nitrogen and oxygen atoms in total. The molecule has 1 saturated carbocycles. The molecule has 2 aromatic rings. The summed E-state index contributed by atoms with van der Waals surface area (Å²) in [5.74, 6) is 0.959. The monoisotopic (exact) mass is 467 g/mol. The number of amides is 1. The largest absolute Gasteiger partial charge is 0.338 e. The van der Waals surface area contributed by atoms with Gasteiger partial charge in [-0.1, -0.05) is 31.4 Å². The zero-order valence-electron chi connectivity index (χ0n) is 20.5. The highest BCUT2D eigenvalue weighted by Crippen LogP contribution is 2.34. The summed E-state index contributed by atoms with van der Waals surface area (Å²) < 4.78 is 15.6. The van der Waals surface area contributed by atoms with Gasteiger partial charge in [0.25, 0.3) is 5.91 Å². The van der Waals surface area contributed by atoms with Crippen molar-refractivity contribution in [3.63, 3.8) is 0 Å². The molecular weight excluding hydrogens is 429 g/mol. The Morgan fingerprint density at radius 3 is 2.50 bits per heavy atom. The van der Waals surface area contributed by atoms with Crippen LogP contribution in [0.15, 0.2) is 24.3 Å². The molecule has 1 aromatic carbocycles. The summed E-state index contributed by atoms with van der Waals surface area (Å²) in [5, 5.41) is 4.81. The first-order valence-corrected chi connectivity index (χ1v) is 13.0. The number of halogens is 1. The van der Waals surface area contributed by atoms with Gasteiger partial charge in [0.15, 0.2) is 0 Å². The van der Waals surface area contributed by atoms with Crippen molar-refractivity contribution in [2.75, 3.05) is 32.7 Å². The Kier molecular flexibility index (Phi) is 6.76. The summed E-state index contributed by atoms with van der Waals surface area (Å²) in [7, 11) is 0. The number of hydrogen-bond donors (Lipinski definition) is 1. The van der Waals surface area contributed by atoms with Gasteiger partial charge in [-0.25, -0.2) is 4.39 Å². The third-order valence-electron chi connectivity index (χ3n) is 8.34. The highest BCUT2D eigenvalue weighted by atomic mass is 19.1. The molecule has 1 amide bonds. The first kappa shape index (κ1) is 23.5. The zero-order valence-corrected chi connectivity index (χ0v) is 20.5. The lowest BCUT2D eigenvalue weighted by molar-refractivity contribution is 0.0772. The molecule has 2 N–H and O–H groups in total. The summed E-state index contributed by atoms with van der Waals surface area (Å²) in [6.45, 7) is 8.62. The Bertz CT molecular complexity index is 1020. The second-order valence-electron chi connectivity index (χ2n) is 10.7. The van der Waals surface area contributed by atoms with Crippen molar-refractivity contribution < 1.29 is 9.18 Å². The molecule has 3 aliphatic rings. The molecule has 1 aliphatic carbocycles. The molecule has 2 aliphatic heterocycles. The van der Waals surface area contributed by atoms with Crippen LogP contribution in [0.1, 0.15) is 77.9 Å². The van der Waals surface area contributed by atoms with Crippen molar-refractivity contribution in [2.45, 2.75) is 64.5 Å². The molecule has 34 heavy (non-hydrogen) atoms. The minimum Gasteiger partial charge on any atom is -0.338 e. The van der Waals surface area contributed by atoms with E-state index in [1.807, 2.05) is 13.0 Å². The lowest BCUT2D eigenvalue weighted by Crippen LogP contribution is -2.34. The molecule has 184 valence electrons. The Labute approximate surface area is 202 Å². The SMILES string of the molecule is Cc1nn(C2CCCCC2)c(C)c1C(=O)N1CC2CN(CC[C@H](N)c3cccc(F)c3)CC2C1. The van der Waals surface area contributed by atoms with Gasteiger partial charge in [-0.3, -0.25) is 9.48 Å². The molecule has 5 rings (SSSR count). The fourth-order valence-corrected chi connectivity index (χ4v) is 6.48. The first-order valence-electron chi connectivity index (χ1n) is 13.0. The number of rotatable bonds is 6. The molecule has 7 heteroatoms. The molecule has 3 fully saturated rings. The van der Waals surface area contributed by atoms with Crippen LogP contribution in [-0.4, -0.2) is 58.2 Å². The van der Waals surface area contributed by atoms with Crippen LogP contribution in [0.2, 0.25) is 0 Å². The summed E-state index contributed by atoms with van der Waals surface area (Å²) in [6, 6.07) is 6.90. The van der Waals surface area contributed by atoms with Gasteiger partial charge in [0, 0.05) is 37.9 Å². The van der Waals surface area contributed by atoms with E-state index in [-0.39, 0.29) is 17.8 Å². The summed E-state index contributed by atoms with van der Waals surface area (Å²) in [5.41, 5.74) is 9.91. The average Bonchev–Trinajstić information content (AvgIpc) is 3.49. The van der Waals surface area contributed by atoms with E-state index in [1.165, 1.54) is 44.2 Å². The summed E-state index contributed by atoms with van der Waals surface area (Å²) in [6.07, 6.45) is 6.97. The smallest absolute Gasteiger partial charge is 0.257 e. The van der Waals surface area contributed by atoms with Crippen LogP contribution < -0.4 is 5.73 Å². The van der Waals surface area contributed by atoms with Crippen LogP contribution in [-0.2, 0) is 0 Å². The minimum atomic E-state index is -0.233. The van der Waals surface area contributed by atoms with Gasteiger partial charge in [-0.15, -0.1) is 0 Å². The lowest BCUT2D eigenvalue weighted by atomic mass is 9.95. The van der Waals surface area contributed by atoms with Crippen molar-refractivity contribution in [3.05, 3.63) is 52.6 Å². The maximum atomic E-state index is 13.5. The van der Waals surface area contributed by atoms with E-state index in [9.17, 15) is 9.18 Å². The number of carbonyl (C=O) groups excluding carboxylic acids is 1. The van der Waals surface area contributed by atoms with Crippen molar-refractivity contribution in [2.24, 2.45) is 17.6 Å². The number of nitrogens with two attached hydrogens (primary N) is 1. The number of aromatic nitrogens is 2. The van der Waals surface area contributed by atoms with Crippen LogP contribution in [0.3, 0.4) is 0 Å². The van der Waals surface area contributed by atoms with Crippen LogP contribution in [0.5, 0.6) is 0 Å². The average molecular weight is 468 g/mol. The van der Waals surface area contributed by atoms with E-state index < -0.39 is 0 Å². The maximum absolute atomic E-state index is 13.5. The fraction of sp³-hybridized carbons (Fsp3) is 0.630. The van der Waals surface area contributed by atoms with E-state index >= 15 is 0 Å². The van der Waals surface area contributed by atoms with Gasteiger partial charge in [0.1, 0.15) is 5.82 Å². The number of fused-ring (bicyclic) bond motifs is 1. The number of hydrogen-bond acceptors (Lipinski definition) is 4. The minimum absolute atomic E-state index is 0.152. The molecule has 0 spiro atoms. The maximum Gasteiger partial charge on any atom is 0.257 e. The van der Waals surface area contributed by atoms with Crippen molar-refractivity contribution in [3.8, 4) is 0 Å². The Morgan fingerprint density at radius 1 is 1.12 bits per heavy atom. The Balaban J connectivity index is 1.16. The normalized spacial score (nSPS) is 24.5. The van der Waals surface area contributed by atoms with Crippen molar-refractivity contribution >= 4 is 5.91 Å². The summed E-state index contributed by atoms with van der Waals surface area (Å²) >= 11 is 0. The molecule has 2 saturated heterocycles. The topological polar surface area (TPSA) is 67.4 Å². The lowest BCUT2D eigenvalue weighted by Gasteiger charge is -2.24. The molecule has 1 aromatic heterocycles. The van der Waals surface area contributed by atoms with Crippen LogP contribution in [0, 0.1) is 31.5 Å². The number of aryl methyl sites for hydroxylation is 1. The molecule has 0 bridgehead atoms. The highest BCUT2D eigenvalue weighted by Gasteiger charge is 2.42. The van der Waals surface area contributed by atoms with Gasteiger partial charge in [0.2, 0.25) is 0 Å². The fourth-order valence-electron chi connectivity index (χ4n) is 6.48. The van der Waals surface area contributed by atoms with Gasteiger partial charge in [-0.05, 0) is 69.2 Å². The van der Waals surface area contributed by atoms with E-state index in [4.69, 9.17) is 10.8 Å². The second-order valence-corrected chi connectivity index (χ2v) is 10.7. The first-order chi connectivity index (χ1) is 16.4. The molecule has 2 unspecified atom stereocenters. The quantitative estimate of drug-likeness (QED) is 0.690. The second kappa shape index (κ2) is 9.78. The Hall–Kier alpha value is -2.25. The number of carbonyl (C=O) groups is 1. The Morgan fingerprint density at radius 2 is 1.82 bits per heavy atom. The molecule has 0 radical (unpaired) electrons. The summed E-state index contributed by atoms with van der Waals surface area (Å²) in [4.78, 5) is 18.0. The number of benzene rings is 1. The van der Waals surface area contributed by atoms with E-state index in [0.717, 1.165) is 61.7 Å². The van der Waals surface area contributed by atoms with Crippen LogP contribution >= 0.6 is 0 Å². The molecule has 3 heterocycles. The van der Waals surface area contributed by atoms with Gasteiger partial charge in [0.05, 0.1) is 17.3 Å². The number of nitrogens with zero attached hydrogens (tertiary/aromatic N) is 4. The third kappa shape index (κ3) is 4.65. The predicted molar refractivity (Wildman–Crippen MR) is 131 cm³/mol. The molecule has 3 atom stereocenters. The number of likely N-dealkylation sites (tertiary alicyclic amines) is 2. The highest BCUT2D eigenvalue weighted by molar-refractivity contribution is 5.96. The van der Waals surface area contributed by atoms with Gasteiger partial charge in [-0.2, -0.15) is 5.10 Å². The van der Waals surface area contributed by atoms with Crippen molar-refractivity contribution in [1.29, 1.82) is 0 Å². The van der Waals surface area contributed by atoms with Crippen LogP contribution in [0.4, 0.5) is 4.39 Å². The standard InChI is InChI=1S/C27H38FN5O/c1-18-26(19(2)33(30-18)24-9-4-3-5-10-24)27(34)32-16-21-14-31(15-22(21)17-32)12-11-25(29)20-7-6-8-23(28)13-20/h6-8,13,21-22,24-25H,3-5,9-12,14-17,29H2,1-2H3/t21?,22?,25-/m0/s1. The van der Waals surface area contributed by atoms with Gasteiger partial charge >= 0.3 is 0 Å².